The lowest BCUT2D eigenvalue weighted by Crippen LogP contribution is -2.36. The van der Waals surface area contributed by atoms with Gasteiger partial charge in [0, 0.05) is 17.5 Å². The van der Waals surface area contributed by atoms with E-state index in [1.54, 1.807) is 11.3 Å². The van der Waals surface area contributed by atoms with Gasteiger partial charge in [0.25, 0.3) is 0 Å². The molecule has 0 amide bonds. The van der Waals surface area contributed by atoms with Crippen molar-refractivity contribution in [1.82, 2.24) is 5.32 Å². The van der Waals surface area contributed by atoms with Crippen molar-refractivity contribution in [1.29, 1.82) is 0 Å². The summed E-state index contributed by atoms with van der Waals surface area (Å²) in [6.45, 7) is 5.14. The van der Waals surface area contributed by atoms with Crippen molar-refractivity contribution in [3.05, 3.63) is 21.3 Å². The summed E-state index contributed by atoms with van der Waals surface area (Å²) >= 11 is 7.39. The van der Waals surface area contributed by atoms with Crippen LogP contribution in [0.3, 0.4) is 0 Å². The highest BCUT2D eigenvalue weighted by Gasteiger charge is 2.11. The quantitative estimate of drug-likeness (QED) is 0.819. The zero-order chi connectivity index (χ0) is 10.6. The molecule has 0 aliphatic heterocycles. The molecule has 0 bridgehead atoms. The summed E-state index contributed by atoms with van der Waals surface area (Å²) < 4.78 is 0.812. The second-order valence-corrected chi connectivity index (χ2v) is 5.42. The molecule has 4 heteroatoms. The molecule has 1 aromatic rings. The minimum Gasteiger partial charge on any atom is -0.395 e. The summed E-state index contributed by atoms with van der Waals surface area (Å²) in [6.07, 6.45) is 0. The molecule has 0 saturated carbocycles. The van der Waals surface area contributed by atoms with Crippen LogP contribution in [0.2, 0.25) is 4.34 Å². The molecule has 80 valence electrons. The third-order valence-corrected chi connectivity index (χ3v) is 3.40. The zero-order valence-corrected chi connectivity index (χ0v) is 10.0. The Morgan fingerprint density at radius 2 is 2.21 bits per heavy atom. The Morgan fingerprint density at radius 1 is 1.50 bits per heavy atom. The van der Waals surface area contributed by atoms with Crippen LogP contribution >= 0.6 is 22.9 Å². The minimum absolute atomic E-state index is 0.163. The van der Waals surface area contributed by atoms with Crippen molar-refractivity contribution in [2.24, 2.45) is 5.92 Å². The maximum Gasteiger partial charge on any atom is 0.0931 e. The molecule has 0 saturated heterocycles. The summed E-state index contributed by atoms with van der Waals surface area (Å²) in [5.41, 5.74) is 0. The molecular formula is C10H16ClNOS. The molecular weight excluding hydrogens is 218 g/mol. The first kappa shape index (κ1) is 12.0. The number of rotatable bonds is 5. The fourth-order valence-corrected chi connectivity index (χ4v) is 2.23. The molecule has 1 heterocycles. The van der Waals surface area contributed by atoms with Crippen LogP contribution in [0.25, 0.3) is 0 Å². The zero-order valence-electron chi connectivity index (χ0n) is 8.46. The molecule has 0 aliphatic carbocycles. The van der Waals surface area contributed by atoms with Gasteiger partial charge in [-0.3, -0.25) is 0 Å². The van der Waals surface area contributed by atoms with E-state index in [1.165, 1.54) is 4.88 Å². The maximum absolute atomic E-state index is 9.09. The number of aliphatic hydroxyl groups excluding tert-OH is 1. The van der Waals surface area contributed by atoms with Crippen LogP contribution in [-0.4, -0.2) is 17.8 Å². The topological polar surface area (TPSA) is 32.3 Å². The van der Waals surface area contributed by atoms with E-state index in [0.717, 1.165) is 10.9 Å². The van der Waals surface area contributed by atoms with Crippen LogP contribution in [0, 0.1) is 5.92 Å². The molecule has 2 N–H and O–H groups in total. The summed E-state index contributed by atoms with van der Waals surface area (Å²) in [5, 5.41) is 12.4. The summed E-state index contributed by atoms with van der Waals surface area (Å²) in [4.78, 5) is 1.20. The van der Waals surface area contributed by atoms with Crippen LogP contribution in [0.5, 0.6) is 0 Å². The number of halogens is 1. The molecule has 1 aromatic heterocycles. The van der Waals surface area contributed by atoms with E-state index in [4.69, 9.17) is 16.7 Å². The Kier molecular flexibility index (Phi) is 4.89. The number of thiophene rings is 1. The van der Waals surface area contributed by atoms with Crippen molar-refractivity contribution < 1.29 is 5.11 Å². The van der Waals surface area contributed by atoms with Crippen molar-refractivity contribution >= 4 is 22.9 Å². The highest BCUT2D eigenvalue weighted by molar-refractivity contribution is 7.16. The first-order chi connectivity index (χ1) is 6.63. The molecule has 0 fully saturated rings. The van der Waals surface area contributed by atoms with Gasteiger partial charge >= 0.3 is 0 Å². The van der Waals surface area contributed by atoms with Crippen LogP contribution in [-0.2, 0) is 6.54 Å². The molecule has 1 unspecified atom stereocenters. The first-order valence-electron chi connectivity index (χ1n) is 4.72. The van der Waals surface area contributed by atoms with Crippen LogP contribution in [0.4, 0.5) is 0 Å². The normalized spacial score (nSPS) is 13.5. The highest BCUT2D eigenvalue weighted by Crippen LogP contribution is 2.21. The van der Waals surface area contributed by atoms with Gasteiger partial charge < -0.3 is 10.4 Å². The van der Waals surface area contributed by atoms with Gasteiger partial charge in [-0.2, -0.15) is 0 Å². The summed E-state index contributed by atoms with van der Waals surface area (Å²) in [6, 6.07) is 4.07. The Labute approximate surface area is 93.9 Å². The fourth-order valence-electron chi connectivity index (χ4n) is 1.19. The molecule has 1 atom stereocenters. The van der Waals surface area contributed by atoms with Gasteiger partial charge in [-0.15, -0.1) is 11.3 Å². The fraction of sp³-hybridized carbons (Fsp3) is 0.600. The van der Waals surface area contributed by atoms with Crippen molar-refractivity contribution in [2.45, 2.75) is 26.4 Å². The Morgan fingerprint density at radius 3 is 2.64 bits per heavy atom. The smallest absolute Gasteiger partial charge is 0.0931 e. The average Bonchev–Trinajstić information content (AvgIpc) is 2.52. The second kappa shape index (κ2) is 5.71. The highest BCUT2D eigenvalue weighted by atomic mass is 35.5. The minimum atomic E-state index is 0.163. The maximum atomic E-state index is 9.09. The van der Waals surface area contributed by atoms with Gasteiger partial charge in [0.05, 0.1) is 10.9 Å². The lowest BCUT2D eigenvalue weighted by molar-refractivity contribution is 0.210. The van der Waals surface area contributed by atoms with Crippen molar-refractivity contribution in [3.63, 3.8) is 0 Å². The van der Waals surface area contributed by atoms with E-state index in [1.807, 2.05) is 12.1 Å². The molecule has 2 nitrogen and oxygen atoms in total. The van der Waals surface area contributed by atoms with E-state index in [-0.39, 0.29) is 12.6 Å². The Balaban J connectivity index is 2.39. The van der Waals surface area contributed by atoms with Crippen molar-refractivity contribution in [2.75, 3.05) is 6.61 Å². The Hall–Kier alpha value is -0.0900. The van der Waals surface area contributed by atoms with E-state index in [2.05, 4.69) is 19.2 Å². The number of hydrogen-bond acceptors (Lipinski definition) is 3. The lowest BCUT2D eigenvalue weighted by atomic mass is 10.1. The molecule has 14 heavy (non-hydrogen) atoms. The lowest BCUT2D eigenvalue weighted by Gasteiger charge is -2.19. The van der Waals surface area contributed by atoms with Gasteiger partial charge in [-0.25, -0.2) is 0 Å². The average molecular weight is 234 g/mol. The van der Waals surface area contributed by atoms with Gasteiger partial charge in [0.15, 0.2) is 0 Å². The second-order valence-electron chi connectivity index (χ2n) is 3.62. The monoisotopic (exact) mass is 233 g/mol. The SMILES string of the molecule is CC(C)C(CO)NCc1ccc(Cl)s1. The largest absolute Gasteiger partial charge is 0.395 e. The van der Waals surface area contributed by atoms with E-state index in [9.17, 15) is 0 Å². The molecule has 0 aromatic carbocycles. The van der Waals surface area contributed by atoms with Gasteiger partial charge in [0.2, 0.25) is 0 Å². The van der Waals surface area contributed by atoms with Crippen molar-refractivity contribution in [3.8, 4) is 0 Å². The predicted molar refractivity (Wildman–Crippen MR) is 61.9 cm³/mol. The van der Waals surface area contributed by atoms with Gasteiger partial charge in [0.1, 0.15) is 0 Å². The van der Waals surface area contributed by atoms with Crippen LogP contribution < -0.4 is 5.32 Å². The van der Waals surface area contributed by atoms with Crippen LogP contribution in [0.1, 0.15) is 18.7 Å². The molecule has 0 radical (unpaired) electrons. The molecule has 0 aliphatic rings. The van der Waals surface area contributed by atoms with E-state index < -0.39 is 0 Å². The van der Waals surface area contributed by atoms with E-state index >= 15 is 0 Å². The number of hydrogen-bond donors (Lipinski definition) is 2. The number of nitrogens with one attached hydrogen (secondary N) is 1. The van der Waals surface area contributed by atoms with Gasteiger partial charge in [-0.05, 0) is 18.1 Å². The molecule has 0 spiro atoms. The Bertz CT molecular complexity index is 275. The van der Waals surface area contributed by atoms with Gasteiger partial charge in [-0.1, -0.05) is 25.4 Å². The summed E-state index contributed by atoms with van der Waals surface area (Å²) in [7, 11) is 0. The van der Waals surface area contributed by atoms with E-state index in [0.29, 0.717) is 5.92 Å². The molecule has 1 rings (SSSR count). The number of aliphatic hydroxyl groups is 1. The third-order valence-electron chi connectivity index (χ3n) is 2.17. The standard InChI is InChI=1S/C10H16ClNOS/c1-7(2)9(6-13)12-5-8-3-4-10(11)14-8/h3-4,7,9,12-13H,5-6H2,1-2H3. The first-order valence-corrected chi connectivity index (χ1v) is 5.91. The summed E-state index contributed by atoms with van der Waals surface area (Å²) in [5.74, 6) is 0.440. The third kappa shape index (κ3) is 3.58. The van der Waals surface area contributed by atoms with Crippen LogP contribution in [0.15, 0.2) is 12.1 Å². The predicted octanol–water partition coefficient (Wildman–Crippen LogP) is 2.51.